The number of hydrogen-bond donors (Lipinski definition) is 6. The number of carbonyl (C=O) groups excluding carboxylic acids is 1. The molecule has 0 unspecified atom stereocenters. The first kappa shape index (κ1) is 16.4. The van der Waals surface area contributed by atoms with Gasteiger partial charge in [0.1, 0.15) is 18.0 Å². The number of aromatic hydroxyl groups is 1. The summed E-state index contributed by atoms with van der Waals surface area (Å²) in [6.45, 7) is -0.903. The molecule has 22 heavy (non-hydrogen) atoms. The van der Waals surface area contributed by atoms with Crippen LogP contribution >= 0.6 is 0 Å². The molecule has 0 saturated heterocycles. The maximum absolute atomic E-state index is 10.9. The van der Waals surface area contributed by atoms with E-state index in [1.165, 1.54) is 12.1 Å². The lowest BCUT2D eigenvalue weighted by molar-refractivity contribution is -0.220. The minimum absolute atomic E-state index is 0.0147. The third-order valence-corrected chi connectivity index (χ3v) is 3.63. The van der Waals surface area contributed by atoms with Crippen LogP contribution < -0.4 is 0 Å². The Labute approximate surface area is 125 Å². The van der Waals surface area contributed by atoms with Gasteiger partial charge in [-0.25, -0.2) is 0 Å². The van der Waals surface area contributed by atoms with E-state index in [4.69, 9.17) is 5.11 Å². The number of fused-ring (bicyclic) bond motifs is 1. The zero-order valence-corrected chi connectivity index (χ0v) is 11.4. The Bertz CT molecular complexity index is 670. The van der Waals surface area contributed by atoms with Crippen LogP contribution in [0.4, 0.5) is 0 Å². The Morgan fingerprint density at radius 2 is 1.86 bits per heavy atom. The Morgan fingerprint density at radius 1 is 1.23 bits per heavy atom. The Morgan fingerprint density at radius 3 is 2.45 bits per heavy atom. The van der Waals surface area contributed by atoms with Crippen molar-refractivity contribution in [2.75, 3.05) is 6.61 Å². The number of aldehydes is 1. The van der Waals surface area contributed by atoms with Gasteiger partial charge in [0.05, 0.1) is 12.1 Å². The average molecular weight is 311 g/mol. The highest BCUT2D eigenvalue weighted by molar-refractivity contribution is 5.87. The van der Waals surface area contributed by atoms with Crippen molar-refractivity contribution in [3.63, 3.8) is 0 Å². The fraction of sp³-hybridized carbons (Fsp3) is 0.357. The highest BCUT2D eigenvalue weighted by Crippen LogP contribution is 2.34. The van der Waals surface area contributed by atoms with E-state index in [1.807, 2.05) is 0 Å². The van der Waals surface area contributed by atoms with Crippen LogP contribution in [0.15, 0.2) is 30.5 Å². The third kappa shape index (κ3) is 2.36. The summed E-state index contributed by atoms with van der Waals surface area (Å²) in [4.78, 5) is 10.9. The summed E-state index contributed by atoms with van der Waals surface area (Å²) < 4.78 is 0.889. The third-order valence-electron chi connectivity index (χ3n) is 3.63. The second kappa shape index (κ2) is 6.03. The molecule has 0 saturated carbocycles. The quantitative estimate of drug-likeness (QED) is 0.348. The van der Waals surface area contributed by atoms with Gasteiger partial charge in [0.2, 0.25) is 5.72 Å². The molecule has 6 N–H and O–H groups in total. The van der Waals surface area contributed by atoms with E-state index >= 15 is 0 Å². The van der Waals surface area contributed by atoms with Crippen molar-refractivity contribution in [2.24, 2.45) is 0 Å². The SMILES string of the molecule is O=C[C@H](O)[C@@](O)([C@H](O)[C@H](O)CO)n1cc(O)c2ccccc21. The van der Waals surface area contributed by atoms with E-state index in [9.17, 15) is 30.3 Å². The Balaban J connectivity index is 2.70. The number of aliphatic hydroxyl groups excluding tert-OH is 4. The average Bonchev–Trinajstić information content (AvgIpc) is 2.89. The molecule has 0 spiro atoms. The molecule has 4 atom stereocenters. The van der Waals surface area contributed by atoms with Crippen LogP contribution in [0, 0.1) is 0 Å². The van der Waals surface area contributed by atoms with Gasteiger partial charge in [-0.05, 0) is 12.1 Å². The molecular weight excluding hydrogens is 294 g/mol. The molecule has 1 heterocycles. The molecule has 8 nitrogen and oxygen atoms in total. The van der Waals surface area contributed by atoms with Crippen molar-refractivity contribution in [3.05, 3.63) is 30.5 Å². The molecule has 0 aliphatic heterocycles. The molecule has 0 fully saturated rings. The van der Waals surface area contributed by atoms with Gasteiger partial charge < -0.3 is 40.0 Å². The summed E-state index contributed by atoms with van der Waals surface area (Å²) >= 11 is 0. The van der Waals surface area contributed by atoms with E-state index in [0.717, 1.165) is 10.8 Å². The summed E-state index contributed by atoms with van der Waals surface area (Å²) in [6, 6.07) is 6.22. The Kier molecular flexibility index (Phi) is 4.50. The Hall–Kier alpha value is -1.97. The number of rotatable bonds is 6. The van der Waals surface area contributed by atoms with Gasteiger partial charge in [-0.15, -0.1) is 0 Å². The summed E-state index contributed by atoms with van der Waals surface area (Å²) in [5.41, 5.74) is -2.46. The van der Waals surface area contributed by atoms with Gasteiger partial charge in [0.15, 0.2) is 12.4 Å². The van der Waals surface area contributed by atoms with Gasteiger partial charge in [0.25, 0.3) is 0 Å². The van der Waals surface area contributed by atoms with Gasteiger partial charge in [-0.1, -0.05) is 12.1 Å². The summed E-state index contributed by atoms with van der Waals surface area (Å²) in [5, 5.41) is 59.3. The van der Waals surface area contributed by atoms with Crippen LogP contribution in [0.3, 0.4) is 0 Å². The standard InChI is InChI=1S/C14H17NO7/c16-6-11(19)13(21)14(22,12(20)7-17)15-5-10(18)8-3-1-2-4-9(8)15/h1-5,7,11-13,16,18-22H,6H2/t11-,12+,13-,14-/m1/s1. The number of nitrogens with zero attached hydrogens (tertiary/aromatic N) is 1. The highest BCUT2D eigenvalue weighted by Gasteiger charge is 2.48. The molecule has 0 radical (unpaired) electrons. The molecule has 2 aromatic rings. The van der Waals surface area contributed by atoms with E-state index in [1.54, 1.807) is 12.1 Å². The molecule has 2 rings (SSSR count). The van der Waals surface area contributed by atoms with E-state index < -0.39 is 30.6 Å². The molecule has 120 valence electrons. The van der Waals surface area contributed by atoms with E-state index in [0.29, 0.717) is 5.39 Å². The maximum Gasteiger partial charge on any atom is 0.204 e. The monoisotopic (exact) mass is 311 g/mol. The first-order valence-corrected chi connectivity index (χ1v) is 6.50. The topological polar surface area (TPSA) is 143 Å². The van der Waals surface area contributed by atoms with Crippen molar-refractivity contribution < 1.29 is 35.4 Å². The van der Waals surface area contributed by atoms with Crippen LogP contribution in [-0.4, -0.2) is 66.4 Å². The molecule has 1 aromatic heterocycles. The molecule has 1 aromatic carbocycles. The van der Waals surface area contributed by atoms with Gasteiger partial charge in [0, 0.05) is 11.6 Å². The number of hydrogen-bond acceptors (Lipinski definition) is 7. The minimum Gasteiger partial charge on any atom is -0.506 e. The predicted octanol–water partition coefficient (Wildman–Crippen LogP) is -1.73. The zero-order chi connectivity index (χ0) is 16.5. The molecule has 8 heteroatoms. The number of carbonyl (C=O) groups is 1. The van der Waals surface area contributed by atoms with Crippen LogP contribution in [-0.2, 0) is 10.5 Å². The lowest BCUT2D eigenvalue weighted by atomic mass is 9.95. The van der Waals surface area contributed by atoms with Crippen LogP contribution in [0.2, 0.25) is 0 Å². The fourth-order valence-electron chi connectivity index (χ4n) is 2.40. The second-order valence-corrected chi connectivity index (χ2v) is 4.96. The predicted molar refractivity (Wildman–Crippen MR) is 75.0 cm³/mol. The fourth-order valence-corrected chi connectivity index (χ4v) is 2.40. The zero-order valence-electron chi connectivity index (χ0n) is 11.4. The lowest BCUT2D eigenvalue weighted by Gasteiger charge is -2.38. The van der Waals surface area contributed by atoms with Crippen molar-refractivity contribution in [3.8, 4) is 5.75 Å². The second-order valence-electron chi connectivity index (χ2n) is 4.96. The number of benzene rings is 1. The highest BCUT2D eigenvalue weighted by atomic mass is 16.4. The van der Waals surface area contributed by atoms with Gasteiger partial charge in [-0.3, -0.25) is 0 Å². The van der Waals surface area contributed by atoms with Crippen molar-refractivity contribution in [1.82, 2.24) is 4.57 Å². The molecule has 0 aliphatic carbocycles. The number of aliphatic hydroxyl groups is 5. The van der Waals surface area contributed by atoms with Crippen LogP contribution in [0.5, 0.6) is 5.75 Å². The number of para-hydroxylation sites is 1. The van der Waals surface area contributed by atoms with E-state index in [2.05, 4.69) is 0 Å². The van der Waals surface area contributed by atoms with Crippen LogP contribution in [0.1, 0.15) is 0 Å². The first-order valence-electron chi connectivity index (χ1n) is 6.50. The maximum atomic E-state index is 10.9. The first-order chi connectivity index (χ1) is 10.4. The molecule has 0 bridgehead atoms. The normalized spacial score (nSPS) is 18.6. The van der Waals surface area contributed by atoms with Crippen LogP contribution in [0.25, 0.3) is 10.9 Å². The number of aromatic nitrogens is 1. The summed E-state index contributed by atoms with van der Waals surface area (Å²) in [7, 11) is 0. The lowest BCUT2D eigenvalue weighted by Crippen LogP contribution is -2.59. The van der Waals surface area contributed by atoms with Gasteiger partial charge >= 0.3 is 0 Å². The molecule has 0 amide bonds. The smallest absolute Gasteiger partial charge is 0.204 e. The minimum atomic E-state index is -2.68. The molecule has 0 aliphatic rings. The van der Waals surface area contributed by atoms with Crippen molar-refractivity contribution in [1.29, 1.82) is 0 Å². The van der Waals surface area contributed by atoms with Crippen molar-refractivity contribution >= 4 is 17.2 Å². The summed E-state index contributed by atoms with van der Waals surface area (Å²) in [6.07, 6.45) is -5.01. The van der Waals surface area contributed by atoms with Crippen molar-refractivity contribution in [2.45, 2.75) is 24.0 Å². The van der Waals surface area contributed by atoms with Gasteiger partial charge in [-0.2, -0.15) is 0 Å². The van der Waals surface area contributed by atoms with E-state index in [-0.39, 0.29) is 17.6 Å². The molecular formula is C14H17NO7. The summed E-state index contributed by atoms with van der Waals surface area (Å²) in [5.74, 6) is -0.252. The largest absolute Gasteiger partial charge is 0.506 e.